The molecule has 0 saturated heterocycles. The van der Waals surface area contributed by atoms with Crippen molar-refractivity contribution in [3.8, 4) is 17.1 Å². The van der Waals surface area contributed by atoms with E-state index in [1.54, 1.807) is 18.2 Å². The van der Waals surface area contributed by atoms with E-state index in [4.69, 9.17) is 5.73 Å². The predicted molar refractivity (Wildman–Crippen MR) is 72.3 cm³/mol. The molecule has 0 aliphatic rings. The highest BCUT2D eigenvalue weighted by Gasteiger charge is 2.06. The molecule has 3 aromatic rings. The van der Waals surface area contributed by atoms with Gasteiger partial charge in [0, 0.05) is 17.3 Å². The lowest BCUT2D eigenvalue weighted by molar-refractivity contribution is 0.476. The first kappa shape index (κ1) is 10.7. The van der Waals surface area contributed by atoms with Crippen LogP contribution in [-0.2, 0) is 0 Å². The maximum Gasteiger partial charge on any atom is 0.138 e. The lowest BCUT2D eigenvalue weighted by atomic mass is 10.1. The van der Waals surface area contributed by atoms with Crippen molar-refractivity contribution in [3.05, 3.63) is 42.0 Å². The Labute approximate surface area is 104 Å². The number of aryl methyl sites for hydroxylation is 1. The minimum atomic E-state index is 0.223. The summed E-state index contributed by atoms with van der Waals surface area (Å²) in [6, 6.07) is 10.9. The molecule has 3 rings (SSSR count). The summed E-state index contributed by atoms with van der Waals surface area (Å²) in [6.07, 6.45) is 0. The van der Waals surface area contributed by atoms with Crippen LogP contribution in [0.25, 0.3) is 22.4 Å². The maximum atomic E-state index is 9.42. The summed E-state index contributed by atoms with van der Waals surface area (Å²) < 4.78 is 0. The smallest absolute Gasteiger partial charge is 0.138 e. The molecule has 0 spiro atoms. The fourth-order valence-electron chi connectivity index (χ4n) is 1.92. The molecule has 0 amide bonds. The van der Waals surface area contributed by atoms with Crippen LogP contribution in [0, 0.1) is 6.92 Å². The molecule has 4 heteroatoms. The number of aromatic amines is 1. The summed E-state index contributed by atoms with van der Waals surface area (Å²) in [5.74, 6) is 0.975. The monoisotopic (exact) mass is 239 g/mol. The lowest BCUT2D eigenvalue weighted by Gasteiger charge is -2.01. The van der Waals surface area contributed by atoms with Crippen molar-refractivity contribution in [2.24, 2.45) is 0 Å². The van der Waals surface area contributed by atoms with E-state index in [1.165, 1.54) is 0 Å². The number of nitrogens with two attached hydrogens (primary N) is 1. The Hall–Kier alpha value is -2.49. The van der Waals surface area contributed by atoms with Crippen LogP contribution < -0.4 is 5.73 Å². The molecule has 4 nitrogen and oxygen atoms in total. The molecule has 0 fully saturated rings. The van der Waals surface area contributed by atoms with Crippen LogP contribution in [0.5, 0.6) is 5.75 Å². The molecule has 1 aromatic heterocycles. The Morgan fingerprint density at radius 1 is 1.17 bits per heavy atom. The number of aromatic nitrogens is 2. The van der Waals surface area contributed by atoms with Gasteiger partial charge in [-0.2, -0.15) is 0 Å². The number of H-pyrrole nitrogens is 1. The zero-order chi connectivity index (χ0) is 12.7. The van der Waals surface area contributed by atoms with E-state index in [0.717, 1.165) is 33.7 Å². The first-order valence-corrected chi connectivity index (χ1v) is 5.69. The highest BCUT2D eigenvalue weighted by atomic mass is 16.3. The van der Waals surface area contributed by atoms with E-state index in [9.17, 15) is 5.11 Å². The minimum absolute atomic E-state index is 0.223. The van der Waals surface area contributed by atoms with Gasteiger partial charge in [-0.3, -0.25) is 0 Å². The zero-order valence-corrected chi connectivity index (χ0v) is 9.94. The molecule has 0 unspecified atom stereocenters. The first-order chi connectivity index (χ1) is 8.63. The number of anilines is 1. The second-order valence-corrected chi connectivity index (χ2v) is 4.36. The Morgan fingerprint density at radius 3 is 2.78 bits per heavy atom. The van der Waals surface area contributed by atoms with Crippen molar-refractivity contribution < 1.29 is 5.11 Å². The standard InChI is InChI=1S/C14H13N3O/c1-8-2-3-9(6-11(8)15)14-16-12-5-4-10(18)7-13(12)17-14/h2-7,18H,15H2,1H3,(H,16,17). The highest BCUT2D eigenvalue weighted by Crippen LogP contribution is 2.25. The molecule has 0 aliphatic heterocycles. The van der Waals surface area contributed by atoms with Crippen LogP contribution in [0.1, 0.15) is 5.56 Å². The summed E-state index contributed by atoms with van der Waals surface area (Å²) in [7, 11) is 0. The lowest BCUT2D eigenvalue weighted by Crippen LogP contribution is -1.90. The van der Waals surface area contributed by atoms with Gasteiger partial charge < -0.3 is 15.8 Å². The van der Waals surface area contributed by atoms with E-state index >= 15 is 0 Å². The topological polar surface area (TPSA) is 74.9 Å². The molecule has 2 aromatic carbocycles. The second kappa shape index (κ2) is 3.77. The molecule has 0 saturated carbocycles. The number of hydrogen-bond donors (Lipinski definition) is 3. The molecule has 90 valence electrons. The van der Waals surface area contributed by atoms with Gasteiger partial charge in [0.25, 0.3) is 0 Å². The van der Waals surface area contributed by atoms with Crippen LogP contribution >= 0.6 is 0 Å². The van der Waals surface area contributed by atoms with Crippen molar-refractivity contribution in [1.29, 1.82) is 0 Å². The van der Waals surface area contributed by atoms with Gasteiger partial charge in [0.2, 0.25) is 0 Å². The molecule has 1 heterocycles. The highest BCUT2D eigenvalue weighted by molar-refractivity contribution is 5.81. The number of hydrogen-bond acceptors (Lipinski definition) is 3. The molecular weight excluding hydrogens is 226 g/mol. The number of imidazole rings is 1. The van der Waals surface area contributed by atoms with Crippen LogP contribution in [0.4, 0.5) is 5.69 Å². The van der Waals surface area contributed by atoms with E-state index in [2.05, 4.69) is 9.97 Å². The van der Waals surface area contributed by atoms with Crippen molar-refractivity contribution in [2.45, 2.75) is 6.92 Å². The van der Waals surface area contributed by atoms with Gasteiger partial charge in [-0.15, -0.1) is 0 Å². The van der Waals surface area contributed by atoms with Crippen LogP contribution in [0.3, 0.4) is 0 Å². The third kappa shape index (κ3) is 1.68. The molecule has 0 aliphatic carbocycles. The van der Waals surface area contributed by atoms with E-state index in [1.807, 2.05) is 25.1 Å². The number of nitrogens with one attached hydrogen (secondary N) is 1. The number of fused-ring (bicyclic) bond motifs is 1. The number of aromatic hydroxyl groups is 1. The van der Waals surface area contributed by atoms with E-state index < -0.39 is 0 Å². The van der Waals surface area contributed by atoms with Crippen LogP contribution in [0.15, 0.2) is 36.4 Å². The Morgan fingerprint density at radius 2 is 2.00 bits per heavy atom. The fraction of sp³-hybridized carbons (Fsp3) is 0.0714. The normalized spacial score (nSPS) is 10.9. The summed E-state index contributed by atoms with van der Waals surface area (Å²) in [6.45, 7) is 1.97. The van der Waals surface area contributed by atoms with Gasteiger partial charge in [0.05, 0.1) is 11.0 Å². The maximum absolute atomic E-state index is 9.42. The SMILES string of the molecule is Cc1ccc(-c2nc3ccc(O)cc3[nH]2)cc1N. The number of phenolic OH excluding ortho intramolecular Hbond substituents is 1. The average Bonchev–Trinajstić information content (AvgIpc) is 2.75. The van der Waals surface area contributed by atoms with Gasteiger partial charge in [-0.05, 0) is 30.7 Å². The average molecular weight is 239 g/mol. The summed E-state index contributed by atoms with van der Waals surface area (Å²) in [5, 5.41) is 9.42. The number of phenols is 1. The Kier molecular flexibility index (Phi) is 2.23. The molecule has 0 bridgehead atoms. The molecular formula is C14H13N3O. The minimum Gasteiger partial charge on any atom is -0.508 e. The third-order valence-electron chi connectivity index (χ3n) is 3.02. The Balaban J connectivity index is 2.16. The molecule has 4 N–H and O–H groups in total. The molecule has 18 heavy (non-hydrogen) atoms. The van der Waals surface area contributed by atoms with Crippen molar-refractivity contribution in [2.75, 3.05) is 5.73 Å². The van der Waals surface area contributed by atoms with Crippen molar-refractivity contribution in [3.63, 3.8) is 0 Å². The van der Waals surface area contributed by atoms with Crippen LogP contribution in [-0.4, -0.2) is 15.1 Å². The number of benzene rings is 2. The van der Waals surface area contributed by atoms with Gasteiger partial charge in [-0.1, -0.05) is 12.1 Å². The van der Waals surface area contributed by atoms with Gasteiger partial charge in [-0.25, -0.2) is 4.98 Å². The van der Waals surface area contributed by atoms with Gasteiger partial charge in [0.1, 0.15) is 11.6 Å². The summed E-state index contributed by atoms with van der Waals surface area (Å²) in [4.78, 5) is 7.65. The largest absolute Gasteiger partial charge is 0.508 e. The van der Waals surface area contributed by atoms with Gasteiger partial charge in [0.15, 0.2) is 0 Å². The van der Waals surface area contributed by atoms with Crippen LogP contribution in [0.2, 0.25) is 0 Å². The van der Waals surface area contributed by atoms with Gasteiger partial charge >= 0.3 is 0 Å². The summed E-state index contributed by atoms with van der Waals surface area (Å²) in [5.41, 5.74) is 10.3. The number of nitrogen functional groups attached to an aromatic ring is 1. The predicted octanol–water partition coefficient (Wildman–Crippen LogP) is 2.83. The summed E-state index contributed by atoms with van der Waals surface area (Å²) >= 11 is 0. The van der Waals surface area contributed by atoms with E-state index in [0.29, 0.717) is 0 Å². The zero-order valence-electron chi connectivity index (χ0n) is 9.94. The molecule has 0 radical (unpaired) electrons. The molecule has 0 atom stereocenters. The van der Waals surface area contributed by atoms with Crippen molar-refractivity contribution in [1.82, 2.24) is 9.97 Å². The Bertz CT molecular complexity index is 731. The van der Waals surface area contributed by atoms with Crippen molar-refractivity contribution >= 4 is 16.7 Å². The quantitative estimate of drug-likeness (QED) is 0.571. The number of rotatable bonds is 1. The number of nitrogens with zero attached hydrogens (tertiary/aromatic N) is 1. The third-order valence-corrected chi connectivity index (χ3v) is 3.02. The van der Waals surface area contributed by atoms with E-state index in [-0.39, 0.29) is 5.75 Å². The fourth-order valence-corrected chi connectivity index (χ4v) is 1.92. The first-order valence-electron chi connectivity index (χ1n) is 5.69. The second-order valence-electron chi connectivity index (χ2n) is 4.36.